The molecule has 0 bridgehead atoms. The number of ketones is 1. The number of fused-ring (bicyclic) bond motifs is 1. The number of carbonyl (C=O) groups excluding carboxylic acids is 1. The van der Waals surface area contributed by atoms with Crippen LogP contribution in [0.4, 0.5) is 0 Å². The van der Waals surface area contributed by atoms with Gasteiger partial charge in [0.1, 0.15) is 5.78 Å². The van der Waals surface area contributed by atoms with Gasteiger partial charge in [0.15, 0.2) is 0 Å². The first-order valence-corrected chi connectivity index (χ1v) is 7.09. The van der Waals surface area contributed by atoms with Gasteiger partial charge >= 0.3 is 0 Å². The van der Waals surface area contributed by atoms with Crippen molar-refractivity contribution in [3.05, 3.63) is 42.1 Å². The highest BCUT2D eigenvalue weighted by atomic mass is 16.1. The molecule has 98 valence electrons. The Kier molecular flexibility index (Phi) is 3.33. The number of Topliss-reactive ketones (excluding diaryl/α,β-unsaturated/α-hetero) is 1. The highest BCUT2D eigenvalue weighted by Crippen LogP contribution is 2.29. The van der Waals surface area contributed by atoms with E-state index < -0.39 is 0 Å². The number of rotatable bonds is 2. The van der Waals surface area contributed by atoms with Crippen molar-refractivity contribution in [3.8, 4) is 0 Å². The van der Waals surface area contributed by atoms with Crippen molar-refractivity contribution in [2.24, 2.45) is 11.8 Å². The van der Waals surface area contributed by atoms with Crippen molar-refractivity contribution in [1.29, 1.82) is 0 Å². The van der Waals surface area contributed by atoms with E-state index in [9.17, 15) is 4.79 Å². The monoisotopic (exact) mass is 253 g/mol. The quantitative estimate of drug-likeness (QED) is 0.815. The summed E-state index contributed by atoms with van der Waals surface area (Å²) in [6.45, 7) is 2.25. The summed E-state index contributed by atoms with van der Waals surface area (Å²) in [7, 11) is 0. The van der Waals surface area contributed by atoms with Crippen LogP contribution in [0.3, 0.4) is 0 Å². The molecular formula is C17H19NO. The maximum absolute atomic E-state index is 12.0. The second-order valence-electron chi connectivity index (χ2n) is 5.78. The first kappa shape index (κ1) is 12.3. The van der Waals surface area contributed by atoms with Gasteiger partial charge < -0.3 is 0 Å². The Hall–Kier alpha value is -1.70. The van der Waals surface area contributed by atoms with Crippen LogP contribution in [0.5, 0.6) is 0 Å². The van der Waals surface area contributed by atoms with E-state index in [1.54, 1.807) is 0 Å². The Morgan fingerprint density at radius 2 is 2.21 bits per heavy atom. The molecule has 1 aromatic heterocycles. The second kappa shape index (κ2) is 5.12. The standard InChI is InChI=1S/C17H19NO/c1-12-4-7-17(19)15(9-12)11-13-5-6-16-14(10-13)3-2-8-18-16/h2-3,5-6,8,10,12,15H,4,7,9,11H2,1H3. The molecule has 2 aromatic rings. The molecule has 0 N–H and O–H groups in total. The molecule has 0 saturated heterocycles. The molecule has 0 aliphatic heterocycles. The molecule has 1 saturated carbocycles. The number of benzene rings is 1. The minimum atomic E-state index is 0.220. The number of aromatic nitrogens is 1. The van der Waals surface area contributed by atoms with Crippen molar-refractivity contribution in [2.45, 2.75) is 32.6 Å². The first-order chi connectivity index (χ1) is 9.22. The van der Waals surface area contributed by atoms with E-state index in [1.807, 2.05) is 12.3 Å². The van der Waals surface area contributed by atoms with Gasteiger partial charge in [0.25, 0.3) is 0 Å². The predicted molar refractivity (Wildman–Crippen MR) is 77.0 cm³/mol. The SMILES string of the molecule is CC1CCC(=O)C(Cc2ccc3ncccc3c2)C1. The van der Waals surface area contributed by atoms with E-state index in [0.29, 0.717) is 11.7 Å². The lowest BCUT2D eigenvalue weighted by molar-refractivity contribution is -0.125. The van der Waals surface area contributed by atoms with Crippen LogP contribution in [0.2, 0.25) is 0 Å². The zero-order chi connectivity index (χ0) is 13.2. The van der Waals surface area contributed by atoms with Crippen molar-refractivity contribution in [2.75, 3.05) is 0 Å². The third kappa shape index (κ3) is 2.67. The van der Waals surface area contributed by atoms with Gasteiger partial charge in [-0.05, 0) is 48.9 Å². The Balaban J connectivity index is 1.82. The van der Waals surface area contributed by atoms with Crippen LogP contribution in [-0.4, -0.2) is 10.8 Å². The van der Waals surface area contributed by atoms with Gasteiger partial charge in [0, 0.05) is 23.9 Å². The number of hydrogen-bond acceptors (Lipinski definition) is 2. The van der Waals surface area contributed by atoms with Gasteiger partial charge in [-0.25, -0.2) is 0 Å². The Morgan fingerprint density at radius 1 is 1.32 bits per heavy atom. The molecule has 2 heteroatoms. The van der Waals surface area contributed by atoms with Crippen molar-refractivity contribution in [3.63, 3.8) is 0 Å². The van der Waals surface area contributed by atoms with Crippen molar-refractivity contribution < 1.29 is 4.79 Å². The van der Waals surface area contributed by atoms with Gasteiger partial charge in [0.05, 0.1) is 5.52 Å². The Bertz CT molecular complexity index is 605. The Morgan fingerprint density at radius 3 is 3.11 bits per heavy atom. The fourth-order valence-electron chi connectivity index (χ4n) is 3.06. The van der Waals surface area contributed by atoms with E-state index in [1.165, 1.54) is 5.56 Å². The number of nitrogens with zero attached hydrogens (tertiary/aromatic N) is 1. The zero-order valence-electron chi connectivity index (χ0n) is 11.3. The lowest BCUT2D eigenvalue weighted by atomic mass is 9.78. The molecule has 1 aliphatic rings. The van der Waals surface area contributed by atoms with Crippen LogP contribution in [0.15, 0.2) is 36.5 Å². The fourth-order valence-corrected chi connectivity index (χ4v) is 3.06. The van der Waals surface area contributed by atoms with Crippen LogP contribution in [0.1, 0.15) is 31.7 Å². The molecule has 1 aliphatic carbocycles. The molecule has 0 radical (unpaired) electrons. The van der Waals surface area contributed by atoms with Gasteiger partial charge in [-0.2, -0.15) is 0 Å². The summed E-state index contributed by atoms with van der Waals surface area (Å²) in [6.07, 6.45) is 5.57. The maximum Gasteiger partial charge on any atom is 0.136 e. The third-order valence-electron chi connectivity index (χ3n) is 4.18. The Labute approximate surface area is 113 Å². The van der Waals surface area contributed by atoms with E-state index in [4.69, 9.17) is 0 Å². The topological polar surface area (TPSA) is 30.0 Å². The molecule has 1 fully saturated rings. The predicted octanol–water partition coefficient (Wildman–Crippen LogP) is 3.78. The van der Waals surface area contributed by atoms with Gasteiger partial charge in [-0.3, -0.25) is 9.78 Å². The zero-order valence-corrected chi connectivity index (χ0v) is 11.3. The average molecular weight is 253 g/mol. The molecule has 2 atom stereocenters. The maximum atomic E-state index is 12.0. The third-order valence-corrected chi connectivity index (χ3v) is 4.18. The summed E-state index contributed by atoms with van der Waals surface area (Å²) >= 11 is 0. The van der Waals surface area contributed by atoms with Gasteiger partial charge in [0.2, 0.25) is 0 Å². The summed E-state index contributed by atoms with van der Waals surface area (Å²) in [6, 6.07) is 10.4. The highest BCUT2D eigenvalue weighted by molar-refractivity contribution is 5.83. The van der Waals surface area contributed by atoms with E-state index in [-0.39, 0.29) is 5.92 Å². The van der Waals surface area contributed by atoms with Gasteiger partial charge in [-0.15, -0.1) is 0 Å². The molecule has 1 heterocycles. The summed E-state index contributed by atoms with van der Waals surface area (Å²) in [5.41, 5.74) is 2.28. The van der Waals surface area contributed by atoms with Crippen LogP contribution in [0, 0.1) is 11.8 Å². The molecule has 0 amide bonds. The van der Waals surface area contributed by atoms with E-state index >= 15 is 0 Å². The largest absolute Gasteiger partial charge is 0.299 e. The normalized spacial score (nSPS) is 23.7. The lowest BCUT2D eigenvalue weighted by Gasteiger charge is -2.25. The minimum Gasteiger partial charge on any atom is -0.299 e. The molecule has 3 rings (SSSR count). The minimum absolute atomic E-state index is 0.220. The molecule has 2 nitrogen and oxygen atoms in total. The van der Waals surface area contributed by atoms with Crippen LogP contribution in [0.25, 0.3) is 10.9 Å². The van der Waals surface area contributed by atoms with Crippen LogP contribution in [-0.2, 0) is 11.2 Å². The summed E-state index contributed by atoms with van der Waals surface area (Å²) in [4.78, 5) is 16.3. The molecule has 0 spiro atoms. The van der Waals surface area contributed by atoms with E-state index in [2.05, 4.69) is 36.2 Å². The lowest BCUT2D eigenvalue weighted by Crippen LogP contribution is -2.25. The van der Waals surface area contributed by atoms with Crippen molar-refractivity contribution in [1.82, 2.24) is 4.98 Å². The number of carbonyl (C=O) groups is 1. The van der Waals surface area contributed by atoms with E-state index in [0.717, 1.165) is 36.6 Å². The fraction of sp³-hybridized carbons (Fsp3) is 0.412. The molecular weight excluding hydrogens is 234 g/mol. The summed E-state index contributed by atoms with van der Waals surface area (Å²) in [5, 5.41) is 1.16. The highest BCUT2D eigenvalue weighted by Gasteiger charge is 2.26. The summed E-state index contributed by atoms with van der Waals surface area (Å²) in [5.74, 6) is 1.35. The second-order valence-corrected chi connectivity index (χ2v) is 5.78. The molecule has 2 unspecified atom stereocenters. The van der Waals surface area contributed by atoms with Crippen LogP contribution < -0.4 is 0 Å². The average Bonchev–Trinajstić information content (AvgIpc) is 2.43. The smallest absolute Gasteiger partial charge is 0.136 e. The van der Waals surface area contributed by atoms with Gasteiger partial charge in [-0.1, -0.05) is 19.1 Å². The number of pyridine rings is 1. The van der Waals surface area contributed by atoms with Crippen LogP contribution >= 0.6 is 0 Å². The summed E-state index contributed by atoms with van der Waals surface area (Å²) < 4.78 is 0. The first-order valence-electron chi connectivity index (χ1n) is 7.09. The molecule has 1 aromatic carbocycles. The molecule has 19 heavy (non-hydrogen) atoms. The number of hydrogen-bond donors (Lipinski definition) is 0. The van der Waals surface area contributed by atoms with Crippen molar-refractivity contribution >= 4 is 16.7 Å².